The molecule has 12 N–H and O–H groups in total. The van der Waals surface area contributed by atoms with E-state index in [0.717, 1.165) is 0 Å². The summed E-state index contributed by atoms with van der Waals surface area (Å²) in [6.45, 7) is -1.00. The average Bonchev–Trinajstić information content (AvgIpc) is 2.82. The van der Waals surface area contributed by atoms with Crippen molar-refractivity contribution in [3.05, 3.63) is 0 Å². The summed E-state index contributed by atoms with van der Waals surface area (Å²) in [5.41, 5.74) is -3.14. The Hall–Kier alpha value is -0.640. The molecular weight excluding hydrogens is 472 g/mol. The highest BCUT2D eigenvalue weighted by Crippen LogP contribution is 2.44. The summed E-state index contributed by atoms with van der Waals surface area (Å²) in [4.78, 5) is 0. The molecule has 0 radical (unpaired) electrons. The first-order valence-corrected chi connectivity index (χ1v) is 10.5. The maximum absolute atomic E-state index is 11.3. The fraction of sp³-hybridized carbons (Fsp3) is 1.00. The Morgan fingerprint density at radius 1 is 0.765 bits per heavy atom. The van der Waals surface area contributed by atoms with Gasteiger partial charge in [-0.1, -0.05) is 0 Å². The van der Waals surface area contributed by atoms with Crippen molar-refractivity contribution >= 4 is 0 Å². The van der Waals surface area contributed by atoms with Gasteiger partial charge in [0.1, 0.15) is 67.6 Å². The molecule has 3 aliphatic heterocycles. The molecule has 16 heteroatoms. The minimum atomic E-state index is -3.14. The molecule has 3 fully saturated rings. The highest BCUT2D eigenvalue weighted by atomic mass is 16.8. The van der Waals surface area contributed by atoms with Crippen molar-refractivity contribution in [2.45, 2.75) is 98.0 Å². The predicted octanol–water partition coefficient (Wildman–Crippen LogP) is -7.84. The van der Waals surface area contributed by atoms with Gasteiger partial charge < -0.3 is 80.2 Å². The first-order valence-electron chi connectivity index (χ1n) is 10.5. The zero-order valence-electron chi connectivity index (χ0n) is 17.9. The standard InChI is InChI=1S/C18H32O16/c1-4-6(21)8(23)10(25)13(31-4)18(30)12(27)14(28)33-17(3-20,16(18)29)34-15-11(26)9(24)7(22)5(2-19)32-15/h4-16,19-30H,2-3H2,1H3/t4-,5-,6-,7-,8+,9+,10+,11-,12+,13?,14?,15?,16+,17+,18+/m1/s1. The van der Waals surface area contributed by atoms with Crippen molar-refractivity contribution in [2.75, 3.05) is 13.2 Å². The van der Waals surface area contributed by atoms with Crippen molar-refractivity contribution in [1.82, 2.24) is 0 Å². The molecule has 3 saturated heterocycles. The molecule has 0 amide bonds. The van der Waals surface area contributed by atoms with Gasteiger partial charge in [-0.15, -0.1) is 0 Å². The molecule has 0 spiro atoms. The van der Waals surface area contributed by atoms with Crippen LogP contribution in [-0.2, 0) is 18.9 Å². The second-order valence-corrected chi connectivity index (χ2v) is 8.76. The zero-order chi connectivity index (χ0) is 25.7. The first-order chi connectivity index (χ1) is 15.8. The summed E-state index contributed by atoms with van der Waals surface area (Å²) in [5, 5.41) is 123. The molecule has 0 saturated carbocycles. The molecule has 3 rings (SSSR count). The van der Waals surface area contributed by atoms with E-state index in [1.807, 2.05) is 0 Å². The van der Waals surface area contributed by atoms with Crippen LogP contribution in [-0.4, -0.2) is 166 Å². The lowest BCUT2D eigenvalue weighted by Gasteiger charge is -2.57. The maximum Gasteiger partial charge on any atom is 0.226 e. The van der Waals surface area contributed by atoms with Crippen LogP contribution in [0.15, 0.2) is 0 Å². The largest absolute Gasteiger partial charge is 0.394 e. The molecule has 16 nitrogen and oxygen atoms in total. The van der Waals surface area contributed by atoms with Crippen LogP contribution in [0.3, 0.4) is 0 Å². The highest BCUT2D eigenvalue weighted by molar-refractivity contribution is 5.14. The molecule has 0 aromatic rings. The van der Waals surface area contributed by atoms with Gasteiger partial charge in [-0.2, -0.15) is 0 Å². The van der Waals surface area contributed by atoms with E-state index in [1.165, 1.54) is 6.92 Å². The SMILES string of the molecule is C[C@H]1OC([C@@]2(O)[C@@H](O)C(O)O[C@@](CO)(OC3O[C@H](CO)[C@@H](O)[C@H](O)[C@H]3O)[C@@H]2O)[C@@H](O)[C@@H](O)[C@@H]1O. The van der Waals surface area contributed by atoms with E-state index in [2.05, 4.69) is 0 Å². The van der Waals surface area contributed by atoms with E-state index in [9.17, 15) is 61.3 Å². The normalized spacial score (nSPS) is 56.9. The van der Waals surface area contributed by atoms with E-state index in [0.29, 0.717) is 0 Å². The molecule has 0 aromatic carbocycles. The summed E-state index contributed by atoms with van der Waals surface area (Å²) in [6, 6.07) is 0. The summed E-state index contributed by atoms with van der Waals surface area (Å²) >= 11 is 0. The van der Waals surface area contributed by atoms with Crippen LogP contribution in [0.25, 0.3) is 0 Å². The van der Waals surface area contributed by atoms with Crippen molar-refractivity contribution in [2.24, 2.45) is 0 Å². The Labute approximate surface area is 192 Å². The summed E-state index contributed by atoms with van der Waals surface area (Å²) in [6.07, 6.45) is -25.8. The Morgan fingerprint density at radius 2 is 1.35 bits per heavy atom. The van der Waals surface area contributed by atoms with E-state index in [-0.39, 0.29) is 0 Å². The van der Waals surface area contributed by atoms with E-state index < -0.39 is 104 Å². The lowest BCUT2D eigenvalue weighted by molar-refractivity contribution is -0.469. The van der Waals surface area contributed by atoms with Crippen LogP contribution >= 0.6 is 0 Å². The molecule has 15 atom stereocenters. The maximum atomic E-state index is 11.3. The lowest BCUT2D eigenvalue weighted by atomic mass is 9.73. The number of rotatable bonds is 5. The van der Waals surface area contributed by atoms with Crippen LogP contribution in [0.5, 0.6) is 0 Å². The third-order valence-electron chi connectivity index (χ3n) is 6.61. The number of hydrogen-bond acceptors (Lipinski definition) is 16. The molecule has 3 heterocycles. The minimum absolute atomic E-state index is 0.855. The van der Waals surface area contributed by atoms with Crippen LogP contribution in [0.1, 0.15) is 6.92 Å². The molecule has 0 bridgehead atoms. The van der Waals surface area contributed by atoms with Gasteiger partial charge in [0.05, 0.1) is 12.7 Å². The second-order valence-electron chi connectivity index (χ2n) is 8.76. The highest BCUT2D eigenvalue weighted by Gasteiger charge is 2.69. The summed E-state index contributed by atoms with van der Waals surface area (Å²) in [5.74, 6) is -2.92. The number of hydrogen-bond donors (Lipinski definition) is 12. The van der Waals surface area contributed by atoms with Gasteiger partial charge in [-0.3, -0.25) is 0 Å². The van der Waals surface area contributed by atoms with Gasteiger partial charge in [0, 0.05) is 0 Å². The van der Waals surface area contributed by atoms with Crippen molar-refractivity contribution in [3.63, 3.8) is 0 Å². The van der Waals surface area contributed by atoms with Crippen LogP contribution < -0.4 is 0 Å². The molecule has 3 unspecified atom stereocenters. The van der Waals surface area contributed by atoms with Gasteiger partial charge in [-0.05, 0) is 6.92 Å². The Balaban J connectivity index is 1.97. The number of aliphatic hydroxyl groups excluding tert-OH is 11. The third-order valence-corrected chi connectivity index (χ3v) is 6.61. The van der Waals surface area contributed by atoms with E-state index in [1.54, 1.807) is 0 Å². The van der Waals surface area contributed by atoms with Crippen LogP contribution in [0.4, 0.5) is 0 Å². The predicted molar refractivity (Wildman–Crippen MR) is 101 cm³/mol. The van der Waals surface area contributed by atoms with Gasteiger partial charge in [-0.25, -0.2) is 0 Å². The summed E-state index contributed by atoms with van der Waals surface area (Å²) in [7, 11) is 0. The molecule has 200 valence electrons. The molecule has 0 aromatic heterocycles. The first kappa shape index (κ1) is 27.9. The Bertz CT molecular complexity index is 697. The molecular formula is C18H32O16. The molecule has 3 aliphatic rings. The van der Waals surface area contributed by atoms with Crippen molar-refractivity contribution in [1.29, 1.82) is 0 Å². The smallest absolute Gasteiger partial charge is 0.226 e. The average molecular weight is 504 g/mol. The van der Waals surface area contributed by atoms with Crippen molar-refractivity contribution < 1.29 is 80.2 Å². The monoisotopic (exact) mass is 504 g/mol. The topological polar surface area (TPSA) is 280 Å². The fourth-order valence-corrected chi connectivity index (χ4v) is 4.45. The van der Waals surface area contributed by atoms with Gasteiger partial charge in [0.2, 0.25) is 5.79 Å². The minimum Gasteiger partial charge on any atom is -0.394 e. The zero-order valence-corrected chi connectivity index (χ0v) is 17.9. The Morgan fingerprint density at radius 3 is 1.91 bits per heavy atom. The van der Waals surface area contributed by atoms with Gasteiger partial charge >= 0.3 is 0 Å². The van der Waals surface area contributed by atoms with E-state index in [4.69, 9.17) is 18.9 Å². The summed E-state index contributed by atoms with van der Waals surface area (Å²) < 4.78 is 20.8. The van der Waals surface area contributed by atoms with Gasteiger partial charge in [0.15, 0.2) is 18.2 Å². The van der Waals surface area contributed by atoms with Crippen LogP contribution in [0, 0.1) is 0 Å². The lowest BCUT2D eigenvalue weighted by Crippen LogP contribution is -2.81. The van der Waals surface area contributed by atoms with E-state index >= 15 is 0 Å². The van der Waals surface area contributed by atoms with Gasteiger partial charge in [0.25, 0.3) is 0 Å². The van der Waals surface area contributed by atoms with Crippen LogP contribution in [0.2, 0.25) is 0 Å². The third kappa shape index (κ3) is 4.26. The number of ether oxygens (including phenoxy) is 4. The quantitative estimate of drug-likeness (QED) is 0.165. The second kappa shape index (κ2) is 10.0. The fourth-order valence-electron chi connectivity index (χ4n) is 4.45. The van der Waals surface area contributed by atoms with Crippen molar-refractivity contribution in [3.8, 4) is 0 Å². The molecule has 0 aliphatic carbocycles. The Kier molecular flexibility index (Phi) is 8.23. The molecule has 34 heavy (non-hydrogen) atoms. The number of aliphatic hydroxyl groups is 12.